The maximum absolute atomic E-state index is 11.3. The number of carboxylic acids is 3. The Hall–Kier alpha value is -4.62. The van der Waals surface area contributed by atoms with E-state index in [9.17, 15) is 34.8 Å². The molecule has 3 aromatic rings. The van der Waals surface area contributed by atoms with Crippen molar-refractivity contribution in [1.82, 2.24) is 0 Å². The Kier molecular flexibility index (Phi) is 19.5. The van der Waals surface area contributed by atoms with Crippen LogP contribution in [0.15, 0.2) is 36.4 Å². The molecular formula is C40H42I2O9Si3. The molecule has 0 aromatic heterocycles. The summed E-state index contributed by atoms with van der Waals surface area (Å²) in [7, 11) is -4.29. The third-order valence-electron chi connectivity index (χ3n) is 5.85. The van der Waals surface area contributed by atoms with Gasteiger partial charge in [-0.2, -0.15) is 0 Å². The van der Waals surface area contributed by atoms with Gasteiger partial charge >= 0.3 is 17.9 Å². The van der Waals surface area contributed by atoms with E-state index in [0.29, 0.717) is 20.3 Å². The molecule has 0 atom stereocenters. The zero-order valence-electron chi connectivity index (χ0n) is 31.4. The van der Waals surface area contributed by atoms with Crippen LogP contribution >= 0.6 is 45.2 Å². The molecule has 14 heteroatoms. The van der Waals surface area contributed by atoms with Crippen LogP contribution in [0.4, 0.5) is 0 Å². The molecule has 0 aliphatic heterocycles. The van der Waals surface area contributed by atoms with E-state index in [0.717, 1.165) is 3.57 Å². The van der Waals surface area contributed by atoms with E-state index in [4.69, 9.17) is 29.5 Å². The molecule has 3 rings (SSSR count). The molecule has 0 heterocycles. The van der Waals surface area contributed by atoms with E-state index >= 15 is 0 Å². The van der Waals surface area contributed by atoms with Crippen molar-refractivity contribution in [2.24, 2.45) is 0 Å². The number of terminal acetylenes is 3. The number of halogens is 2. The quantitative estimate of drug-likeness (QED) is 0.0857. The van der Waals surface area contributed by atoms with E-state index in [2.05, 4.69) is 99.2 Å². The number of hydrogen-bond acceptors (Lipinski definition) is 6. The Labute approximate surface area is 348 Å². The largest absolute Gasteiger partial charge is 0.506 e. The summed E-state index contributed by atoms with van der Waals surface area (Å²) in [5.41, 5.74) is 9.92. The monoisotopic (exact) mass is 1000 g/mol. The fourth-order valence-corrected chi connectivity index (χ4v) is 6.07. The molecule has 0 spiro atoms. The molecule has 282 valence electrons. The van der Waals surface area contributed by atoms with Crippen LogP contribution in [0, 0.1) is 66.7 Å². The molecule has 0 unspecified atom stereocenters. The van der Waals surface area contributed by atoms with Crippen molar-refractivity contribution in [2.75, 3.05) is 0 Å². The predicted octanol–water partition coefficient (Wildman–Crippen LogP) is 8.40. The lowest BCUT2D eigenvalue weighted by atomic mass is 10.0. The molecule has 6 N–H and O–H groups in total. The summed E-state index contributed by atoms with van der Waals surface area (Å²) >= 11 is 3.89. The first-order valence-electron chi connectivity index (χ1n) is 15.7. The lowest BCUT2D eigenvalue weighted by Crippen LogP contribution is -2.16. The SMILES string of the molecule is C#C[Si](C)(C)C.C#Cc1cc(C#C)c(O)c(C(=O)O)c1.C[Si](C)(C)C#Cc1cc(C#C[Si](C)(C)C)c(O)c(C(=O)O)c1.O=C(O)c1cc(I)cc(I)c1O. The zero-order valence-corrected chi connectivity index (χ0v) is 38.7. The molecule has 0 saturated carbocycles. The third-order valence-corrected chi connectivity index (χ3v) is 9.91. The normalized spacial score (nSPS) is 10.1. The Balaban J connectivity index is 0.000000757. The van der Waals surface area contributed by atoms with Crippen LogP contribution in [0.5, 0.6) is 17.2 Å². The van der Waals surface area contributed by atoms with Crippen molar-refractivity contribution in [2.45, 2.75) is 58.9 Å². The first kappa shape index (κ1) is 49.4. The van der Waals surface area contributed by atoms with Gasteiger partial charge in [0.1, 0.15) is 58.2 Å². The summed E-state index contributed by atoms with van der Waals surface area (Å²) < 4.78 is 1.35. The van der Waals surface area contributed by atoms with E-state index in [-0.39, 0.29) is 33.8 Å². The topological polar surface area (TPSA) is 173 Å². The van der Waals surface area contributed by atoms with Gasteiger partial charge in [-0.1, -0.05) is 82.6 Å². The Morgan fingerprint density at radius 1 is 0.537 bits per heavy atom. The zero-order chi connectivity index (χ0) is 42.4. The number of aromatic carboxylic acids is 3. The fourth-order valence-electron chi connectivity index (χ4n) is 3.20. The van der Waals surface area contributed by atoms with E-state index in [1.54, 1.807) is 12.1 Å². The van der Waals surface area contributed by atoms with Gasteiger partial charge in [0.15, 0.2) is 0 Å². The number of carbonyl (C=O) groups is 3. The molecule has 0 saturated heterocycles. The first-order valence-corrected chi connectivity index (χ1v) is 28.3. The molecule has 0 aliphatic carbocycles. The second-order valence-corrected chi connectivity index (χ2v) is 30.9. The number of carboxylic acid groups (broad SMARTS) is 3. The average molecular weight is 1000 g/mol. The van der Waals surface area contributed by atoms with Gasteiger partial charge in [-0.25, -0.2) is 14.4 Å². The molecular weight excluding hydrogens is 962 g/mol. The molecule has 0 amide bonds. The molecule has 0 bridgehead atoms. The maximum atomic E-state index is 11.3. The number of aromatic hydroxyl groups is 3. The van der Waals surface area contributed by atoms with Gasteiger partial charge in [-0.3, -0.25) is 0 Å². The van der Waals surface area contributed by atoms with Gasteiger partial charge in [0.05, 0.1) is 14.7 Å². The van der Waals surface area contributed by atoms with Gasteiger partial charge in [0, 0.05) is 14.7 Å². The van der Waals surface area contributed by atoms with Gasteiger partial charge < -0.3 is 30.6 Å². The van der Waals surface area contributed by atoms with Crippen LogP contribution in [0.2, 0.25) is 58.9 Å². The minimum Gasteiger partial charge on any atom is -0.506 e. The van der Waals surface area contributed by atoms with Crippen molar-refractivity contribution in [3.8, 4) is 76.8 Å². The van der Waals surface area contributed by atoms with Crippen LogP contribution < -0.4 is 0 Å². The highest BCUT2D eigenvalue weighted by atomic mass is 127. The summed E-state index contributed by atoms with van der Waals surface area (Å²) in [4.78, 5) is 32.5. The van der Waals surface area contributed by atoms with Crippen LogP contribution in [-0.4, -0.2) is 72.8 Å². The highest BCUT2D eigenvalue weighted by Gasteiger charge is 2.17. The van der Waals surface area contributed by atoms with Gasteiger partial charge in [0.2, 0.25) is 0 Å². The number of phenols is 3. The van der Waals surface area contributed by atoms with Crippen LogP contribution in [0.1, 0.15) is 53.3 Å². The average Bonchev–Trinajstić information content (AvgIpc) is 3.04. The molecule has 9 nitrogen and oxygen atoms in total. The van der Waals surface area contributed by atoms with Crippen molar-refractivity contribution in [1.29, 1.82) is 0 Å². The Morgan fingerprint density at radius 3 is 1.31 bits per heavy atom. The first-order chi connectivity index (χ1) is 24.6. The smallest absolute Gasteiger partial charge is 0.339 e. The fraction of sp³-hybridized carbons (Fsp3) is 0.225. The summed E-state index contributed by atoms with van der Waals surface area (Å²) in [5.74, 6) is 5.94. The van der Waals surface area contributed by atoms with Crippen LogP contribution in [0.25, 0.3) is 0 Å². The van der Waals surface area contributed by atoms with E-state index in [1.807, 2.05) is 45.2 Å². The Bertz CT molecular complexity index is 2170. The molecule has 3 aromatic carbocycles. The van der Waals surface area contributed by atoms with Gasteiger partial charge in [0.25, 0.3) is 0 Å². The summed E-state index contributed by atoms with van der Waals surface area (Å²) in [6.45, 7) is 19.0. The van der Waals surface area contributed by atoms with E-state index in [1.165, 1.54) is 24.3 Å². The molecule has 54 heavy (non-hydrogen) atoms. The summed E-state index contributed by atoms with van der Waals surface area (Å²) in [6, 6.07) is 8.79. The number of benzene rings is 3. The highest BCUT2D eigenvalue weighted by molar-refractivity contribution is 14.1. The third kappa shape index (κ3) is 18.4. The number of rotatable bonds is 3. The van der Waals surface area contributed by atoms with Gasteiger partial charge in [-0.15, -0.1) is 35.9 Å². The minimum absolute atomic E-state index is 0.0497. The molecule has 0 fully saturated rings. The maximum Gasteiger partial charge on any atom is 0.339 e. The lowest BCUT2D eigenvalue weighted by Gasteiger charge is -2.07. The second-order valence-electron chi connectivity index (χ2n) is 14.2. The summed E-state index contributed by atoms with van der Waals surface area (Å²) in [6.07, 6.45) is 15.3. The summed E-state index contributed by atoms with van der Waals surface area (Å²) in [5, 5.41) is 55.4. The van der Waals surface area contributed by atoms with Crippen molar-refractivity contribution < 1.29 is 45.0 Å². The minimum atomic E-state index is -1.62. The van der Waals surface area contributed by atoms with Crippen molar-refractivity contribution >= 4 is 87.3 Å². The molecule has 0 aliphatic rings. The van der Waals surface area contributed by atoms with Crippen LogP contribution in [-0.2, 0) is 0 Å². The highest BCUT2D eigenvalue weighted by Crippen LogP contribution is 2.27. The van der Waals surface area contributed by atoms with Crippen LogP contribution in [0.3, 0.4) is 0 Å². The molecule has 0 radical (unpaired) electrons. The standard InChI is InChI=1S/C17H22O3Si2.C11H6O3.C7H4I2O3.C5H10Si/c1-21(2,3)9-7-13-11-14(8-10-22(4,5)6)16(18)15(12-13)17(19)20;1-3-7-5-8(4-2)10(12)9(6-7)11(13)14;8-3-1-4(7(11)12)6(10)5(9)2-3;1-5-6(2,3)4/h11-12,18H,1-6H3,(H,19,20);1-2,5-6,12H,(H,13,14);1-2,10H,(H,11,12);1H,2-4H3. The van der Waals surface area contributed by atoms with E-state index < -0.39 is 47.9 Å². The Morgan fingerprint density at radius 2 is 0.926 bits per heavy atom. The second kappa shape index (κ2) is 21.3. The predicted molar refractivity (Wildman–Crippen MR) is 239 cm³/mol. The van der Waals surface area contributed by atoms with Crippen molar-refractivity contribution in [3.05, 3.63) is 82.5 Å². The van der Waals surface area contributed by atoms with Gasteiger partial charge in [-0.05, 0) is 81.6 Å². The lowest BCUT2D eigenvalue weighted by molar-refractivity contribution is 0.0682. The number of hydrogen-bond donors (Lipinski definition) is 6. The van der Waals surface area contributed by atoms with Crippen molar-refractivity contribution in [3.63, 3.8) is 0 Å².